The molecule has 0 bridgehead atoms. The molecule has 0 spiro atoms. The Balaban J connectivity index is 2.26. The number of rotatable bonds is 3. The van der Waals surface area contributed by atoms with Crippen LogP contribution in [0.4, 0.5) is 0 Å². The summed E-state index contributed by atoms with van der Waals surface area (Å²) in [4.78, 5) is 11.5. The van der Waals surface area contributed by atoms with Crippen molar-refractivity contribution in [1.82, 2.24) is 15.5 Å². The Bertz CT molecular complexity index is 285. The van der Waals surface area contributed by atoms with Crippen molar-refractivity contribution in [2.45, 2.75) is 27.2 Å². The molecule has 4 nitrogen and oxygen atoms in total. The van der Waals surface area contributed by atoms with E-state index >= 15 is 0 Å². The predicted molar refractivity (Wildman–Crippen MR) is 54.8 cm³/mol. The number of aromatic amines is 1. The fourth-order valence-electron chi connectivity index (χ4n) is 1.000. The summed E-state index contributed by atoms with van der Waals surface area (Å²) in [5, 5.41) is 9.55. The van der Waals surface area contributed by atoms with E-state index in [1.165, 1.54) is 0 Å². The Morgan fingerprint density at radius 1 is 1.57 bits per heavy atom. The highest BCUT2D eigenvalue weighted by molar-refractivity contribution is 5.81. The van der Waals surface area contributed by atoms with Gasteiger partial charge in [-0.15, -0.1) is 0 Å². The summed E-state index contributed by atoms with van der Waals surface area (Å²) >= 11 is 0. The number of hydrogen-bond acceptors (Lipinski definition) is 2. The standard InChI is InChI=1S/C10H17N3O/c1-10(2,3)9(14)11-6-4-8-5-7-12-13-8/h5,7H,4,6H2,1-3H3,(H,11,14)(H,12,13). The summed E-state index contributed by atoms with van der Waals surface area (Å²) in [7, 11) is 0. The zero-order valence-corrected chi connectivity index (χ0v) is 8.92. The Hall–Kier alpha value is -1.32. The van der Waals surface area contributed by atoms with E-state index in [0.29, 0.717) is 6.54 Å². The average molecular weight is 195 g/mol. The molecule has 2 N–H and O–H groups in total. The molecule has 0 aliphatic carbocycles. The first-order chi connectivity index (χ1) is 6.50. The molecule has 1 aromatic heterocycles. The molecule has 0 radical (unpaired) electrons. The minimum absolute atomic E-state index is 0.0806. The number of aromatic nitrogens is 2. The third-order valence-electron chi connectivity index (χ3n) is 1.92. The van der Waals surface area contributed by atoms with E-state index in [4.69, 9.17) is 0 Å². The van der Waals surface area contributed by atoms with E-state index in [-0.39, 0.29) is 11.3 Å². The molecular formula is C10H17N3O. The Morgan fingerprint density at radius 2 is 2.29 bits per heavy atom. The van der Waals surface area contributed by atoms with E-state index in [1.54, 1.807) is 6.20 Å². The summed E-state index contributed by atoms with van der Waals surface area (Å²) in [5.41, 5.74) is 0.729. The highest BCUT2D eigenvalue weighted by Gasteiger charge is 2.20. The van der Waals surface area contributed by atoms with Gasteiger partial charge in [0.1, 0.15) is 0 Å². The van der Waals surface area contributed by atoms with Gasteiger partial charge in [-0.1, -0.05) is 20.8 Å². The monoisotopic (exact) mass is 195 g/mol. The smallest absolute Gasteiger partial charge is 0.225 e. The van der Waals surface area contributed by atoms with Crippen LogP contribution >= 0.6 is 0 Å². The molecule has 1 rings (SSSR count). The van der Waals surface area contributed by atoms with Gasteiger partial charge in [-0.05, 0) is 6.07 Å². The summed E-state index contributed by atoms with van der Waals surface area (Å²) in [6.07, 6.45) is 2.50. The molecule has 1 amide bonds. The van der Waals surface area contributed by atoms with Crippen LogP contribution in [0.1, 0.15) is 26.5 Å². The van der Waals surface area contributed by atoms with Crippen LogP contribution in [-0.2, 0) is 11.2 Å². The van der Waals surface area contributed by atoms with Crippen molar-refractivity contribution in [2.75, 3.05) is 6.54 Å². The summed E-state index contributed by atoms with van der Waals surface area (Å²) in [6.45, 7) is 6.36. The van der Waals surface area contributed by atoms with Crippen molar-refractivity contribution in [3.63, 3.8) is 0 Å². The maximum Gasteiger partial charge on any atom is 0.225 e. The van der Waals surface area contributed by atoms with Gasteiger partial charge in [-0.2, -0.15) is 5.10 Å². The SMILES string of the molecule is CC(C)(C)C(=O)NCCc1ccn[nH]1. The van der Waals surface area contributed by atoms with E-state index in [1.807, 2.05) is 26.8 Å². The molecule has 0 fully saturated rings. The molecule has 1 heterocycles. The van der Waals surface area contributed by atoms with Gasteiger partial charge in [0, 0.05) is 30.3 Å². The molecule has 1 aromatic rings. The topological polar surface area (TPSA) is 57.8 Å². The van der Waals surface area contributed by atoms with Crippen LogP contribution in [0.2, 0.25) is 0 Å². The number of nitrogens with one attached hydrogen (secondary N) is 2. The summed E-state index contributed by atoms with van der Waals surface area (Å²) in [6, 6.07) is 1.91. The van der Waals surface area contributed by atoms with E-state index in [2.05, 4.69) is 15.5 Å². The number of hydrogen-bond donors (Lipinski definition) is 2. The lowest BCUT2D eigenvalue weighted by molar-refractivity contribution is -0.128. The van der Waals surface area contributed by atoms with Crippen molar-refractivity contribution < 1.29 is 4.79 Å². The second-order valence-corrected chi connectivity index (χ2v) is 4.34. The first-order valence-corrected chi connectivity index (χ1v) is 4.77. The Kier molecular flexibility index (Phi) is 3.28. The lowest BCUT2D eigenvalue weighted by atomic mass is 9.96. The molecule has 0 saturated carbocycles. The highest BCUT2D eigenvalue weighted by Crippen LogP contribution is 2.12. The van der Waals surface area contributed by atoms with Crippen LogP contribution in [0.25, 0.3) is 0 Å². The van der Waals surface area contributed by atoms with Gasteiger partial charge in [0.15, 0.2) is 0 Å². The fraction of sp³-hybridized carbons (Fsp3) is 0.600. The Morgan fingerprint density at radius 3 is 2.79 bits per heavy atom. The van der Waals surface area contributed by atoms with Crippen LogP contribution in [0.15, 0.2) is 12.3 Å². The third-order valence-corrected chi connectivity index (χ3v) is 1.92. The van der Waals surface area contributed by atoms with Crippen LogP contribution in [0.3, 0.4) is 0 Å². The van der Waals surface area contributed by atoms with Gasteiger partial charge in [0.05, 0.1) is 0 Å². The number of carbonyl (C=O) groups excluding carboxylic acids is 1. The largest absolute Gasteiger partial charge is 0.355 e. The molecular weight excluding hydrogens is 178 g/mol. The van der Waals surface area contributed by atoms with Gasteiger partial charge in [-0.3, -0.25) is 9.89 Å². The van der Waals surface area contributed by atoms with Gasteiger partial charge in [0.25, 0.3) is 0 Å². The lowest BCUT2D eigenvalue weighted by Crippen LogP contribution is -2.35. The van der Waals surface area contributed by atoms with Crippen LogP contribution in [0, 0.1) is 5.41 Å². The molecule has 4 heteroatoms. The number of carbonyl (C=O) groups is 1. The summed E-state index contributed by atoms with van der Waals surface area (Å²) < 4.78 is 0. The van der Waals surface area contributed by atoms with Crippen LogP contribution in [-0.4, -0.2) is 22.6 Å². The average Bonchev–Trinajstić information content (AvgIpc) is 2.55. The predicted octanol–water partition coefficient (Wildman–Crippen LogP) is 1.11. The van der Waals surface area contributed by atoms with Gasteiger partial charge < -0.3 is 5.32 Å². The molecule has 0 aliphatic heterocycles. The van der Waals surface area contributed by atoms with Crippen molar-refractivity contribution in [1.29, 1.82) is 0 Å². The minimum atomic E-state index is -0.312. The fourth-order valence-corrected chi connectivity index (χ4v) is 1.000. The zero-order valence-electron chi connectivity index (χ0n) is 8.92. The van der Waals surface area contributed by atoms with Crippen molar-refractivity contribution in [2.24, 2.45) is 5.41 Å². The lowest BCUT2D eigenvalue weighted by Gasteiger charge is -2.17. The first-order valence-electron chi connectivity index (χ1n) is 4.77. The van der Waals surface area contributed by atoms with Crippen LogP contribution in [0.5, 0.6) is 0 Å². The Labute approximate surface area is 84.1 Å². The van der Waals surface area contributed by atoms with E-state index in [0.717, 1.165) is 12.1 Å². The normalized spacial score (nSPS) is 11.4. The minimum Gasteiger partial charge on any atom is -0.355 e. The number of H-pyrrole nitrogens is 1. The molecule has 0 unspecified atom stereocenters. The molecule has 0 aliphatic rings. The highest BCUT2D eigenvalue weighted by atomic mass is 16.2. The molecule has 78 valence electrons. The first kappa shape index (κ1) is 10.8. The third kappa shape index (κ3) is 3.20. The van der Waals surface area contributed by atoms with Crippen molar-refractivity contribution >= 4 is 5.91 Å². The number of nitrogens with zero attached hydrogens (tertiary/aromatic N) is 1. The van der Waals surface area contributed by atoms with Crippen LogP contribution < -0.4 is 5.32 Å². The maximum absolute atomic E-state index is 11.5. The second kappa shape index (κ2) is 4.26. The van der Waals surface area contributed by atoms with Crippen molar-refractivity contribution in [3.05, 3.63) is 18.0 Å². The quantitative estimate of drug-likeness (QED) is 0.759. The van der Waals surface area contributed by atoms with Gasteiger partial charge in [-0.25, -0.2) is 0 Å². The maximum atomic E-state index is 11.5. The van der Waals surface area contributed by atoms with Crippen molar-refractivity contribution in [3.8, 4) is 0 Å². The molecule has 14 heavy (non-hydrogen) atoms. The van der Waals surface area contributed by atoms with E-state index < -0.39 is 0 Å². The molecule has 0 aromatic carbocycles. The molecule has 0 saturated heterocycles. The van der Waals surface area contributed by atoms with Gasteiger partial charge >= 0.3 is 0 Å². The number of amides is 1. The van der Waals surface area contributed by atoms with E-state index in [9.17, 15) is 4.79 Å². The molecule has 0 atom stereocenters. The summed E-state index contributed by atoms with van der Waals surface area (Å²) in [5.74, 6) is 0.0806. The zero-order chi connectivity index (χ0) is 10.6. The van der Waals surface area contributed by atoms with Gasteiger partial charge in [0.2, 0.25) is 5.91 Å². The second-order valence-electron chi connectivity index (χ2n) is 4.34.